The van der Waals surface area contributed by atoms with E-state index in [9.17, 15) is 10.2 Å². The predicted octanol–water partition coefficient (Wildman–Crippen LogP) is 5.72. The van der Waals surface area contributed by atoms with Crippen molar-refractivity contribution in [3.8, 4) is 0 Å². The Morgan fingerprint density at radius 1 is 0.571 bits per heavy atom. The third kappa shape index (κ3) is 2.22. The monoisotopic (exact) mass is 362 g/mol. The van der Waals surface area contributed by atoms with Crippen molar-refractivity contribution < 1.29 is 10.2 Å². The van der Waals surface area contributed by atoms with Gasteiger partial charge in [0.15, 0.2) is 0 Å². The Morgan fingerprint density at radius 3 is 1.82 bits per heavy atom. The number of hydrogen-bond acceptors (Lipinski definition) is 2. The van der Waals surface area contributed by atoms with Crippen LogP contribution in [0.25, 0.3) is 49.2 Å². The van der Waals surface area contributed by atoms with E-state index in [1.165, 1.54) is 26.9 Å². The molecular weight excluding hydrogens is 344 g/mol. The van der Waals surface area contributed by atoms with Crippen LogP contribution in [-0.4, -0.2) is 16.3 Å². The van der Waals surface area contributed by atoms with Crippen molar-refractivity contribution in [3.05, 3.63) is 90.0 Å². The number of rotatable bonds is 0. The molecule has 0 radical (unpaired) electrons. The number of fused-ring (bicyclic) bond motifs is 6. The molecule has 28 heavy (non-hydrogen) atoms. The lowest BCUT2D eigenvalue weighted by atomic mass is 9.87. The Kier molecular flexibility index (Phi) is 3.19. The highest BCUT2D eigenvalue weighted by Gasteiger charge is 2.24. The first kappa shape index (κ1) is 15.8. The zero-order chi connectivity index (χ0) is 18.8. The summed E-state index contributed by atoms with van der Waals surface area (Å²) in [5.41, 5.74) is 1.78. The van der Waals surface area contributed by atoms with Crippen LogP contribution in [0.15, 0.2) is 78.9 Å². The fourth-order valence-electron chi connectivity index (χ4n) is 4.51. The maximum Gasteiger partial charge on any atom is 0.110 e. The zero-order valence-electron chi connectivity index (χ0n) is 15.1. The van der Waals surface area contributed by atoms with Crippen LogP contribution in [0.3, 0.4) is 0 Å². The van der Waals surface area contributed by atoms with Gasteiger partial charge in [-0.2, -0.15) is 0 Å². The maximum atomic E-state index is 10.6. The molecule has 0 amide bonds. The van der Waals surface area contributed by atoms with Gasteiger partial charge in [0.05, 0.1) is 0 Å². The molecule has 1 aliphatic rings. The van der Waals surface area contributed by atoms with Gasteiger partial charge in [0, 0.05) is 0 Å². The van der Waals surface area contributed by atoms with Crippen LogP contribution in [0.2, 0.25) is 0 Å². The fourth-order valence-corrected chi connectivity index (χ4v) is 4.51. The quantitative estimate of drug-likeness (QED) is 0.346. The molecule has 0 fully saturated rings. The van der Waals surface area contributed by atoms with E-state index in [2.05, 4.69) is 66.7 Å². The largest absolute Gasteiger partial charge is 0.386 e. The Hall–Kier alpha value is -3.20. The van der Waals surface area contributed by atoms with Gasteiger partial charge in [-0.05, 0) is 90.6 Å². The Bertz CT molecular complexity index is 1450. The first-order valence-electron chi connectivity index (χ1n) is 9.55. The molecule has 2 heteroatoms. The average molecular weight is 362 g/mol. The van der Waals surface area contributed by atoms with Crippen LogP contribution in [0.5, 0.6) is 0 Å². The van der Waals surface area contributed by atoms with Crippen molar-refractivity contribution in [1.82, 2.24) is 0 Å². The Labute approximate surface area is 162 Å². The molecule has 134 valence electrons. The van der Waals surface area contributed by atoms with E-state index >= 15 is 0 Å². The molecule has 5 aromatic rings. The van der Waals surface area contributed by atoms with Crippen molar-refractivity contribution in [2.24, 2.45) is 0 Å². The van der Waals surface area contributed by atoms with Crippen molar-refractivity contribution in [2.45, 2.75) is 12.2 Å². The van der Waals surface area contributed by atoms with Crippen LogP contribution in [0.1, 0.15) is 17.2 Å². The van der Waals surface area contributed by atoms with Crippen molar-refractivity contribution in [1.29, 1.82) is 0 Å². The normalized spacial score (nSPS) is 18.9. The summed E-state index contributed by atoms with van der Waals surface area (Å²) in [6.45, 7) is 0. The summed E-state index contributed by atoms with van der Waals surface area (Å²) in [5, 5.41) is 30.0. The molecule has 0 heterocycles. The van der Waals surface area contributed by atoms with Gasteiger partial charge in [0.2, 0.25) is 0 Å². The molecule has 2 unspecified atom stereocenters. The topological polar surface area (TPSA) is 40.5 Å². The molecule has 0 aromatic heterocycles. The molecule has 0 spiro atoms. The summed E-state index contributed by atoms with van der Waals surface area (Å²) in [6, 6.07) is 25.8. The van der Waals surface area contributed by atoms with E-state index < -0.39 is 12.2 Å². The first-order chi connectivity index (χ1) is 13.7. The Balaban J connectivity index is 1.69. The average Bonchev–Trinajstić information content (AvgIpc) is 2.71. The van der Waals surface area contributed by atoms with E-state index in [0.29, 0.717) is 0 Å². The lowest BCUT2D eigenvalue weighted by Crippen LogP contribution is -2.19. The number of aliphatic hydroxyl groups is 2. The lowest BCUT2D eigenvalue weighted by Gasteiger charge is -2.24. The summed E-state index contributed by atoms with van der Waals surface area (Å²) in [4.78, 5) is 0. The second kappa shape index (κ2) is 5.65. The van der Waals surface area contributed by atoms with Gasteiger partial charge in [-0.3, -0.25) is 0 Å². The third-order valence-electron chi connectivity index (χ3n) is 5.96. The third-order valence-corrected chi connectivity index (χ3v) is 5.96. The number of benzene rings is 5. The van der Waals surface area contributed by atoms with Gasteiger partial charge in [0.25, 0.3) is 0 Å². The van der Waals surface area contributed by atoms with Crippen LogP contribution in [0, 0.1) is 0 Å². The van der Waals surface area contributed by atoms with Gasteiger partial charge >= 0.3 is 0 Å². The minimum atomic E-state index is -0.898. The lowest BCUT2D eigenvalue weighted by molar-refractivity contribution is 0.0480. The van der Waals surface area contributed by atoms with E-state index in [1.807, 2.05) is 12.1 Å². The first-order valence-corrected chi connectivity index (χ1v) is 9.55. The molecule has 5 aromatic carbocycles. The maximum absolute atomic E-state index is 10.6. The van der Waals surface area contributed by atoms with E-state index in [4.69, 9.17) is 0 Å². The highest BCUT2D eigenvalue weighted by molar-refractivity contribution is 6.09. The molecular formula is C26H18O2. The number of hydrogen-bond donors (Lipinski definition) is 2. The minimum Gasteiger partial charge on any atom is -0.386 e. The van der Waals surface area contributed by atoms with Crippen LogP contribution in [-0.2, 0) is 0 Å². The van der Waals surface area contributed by atoms with Crippen molar-refractivity contribution in [2.75, 3.05) is 0 Å². The molecule has 0 aliphatic heterocycles. The molecule has 1 aliphatic carbocycles. The van der Waals surface area contributed by atoms with Gasteiger partial charge in [-0.1, -0.05) is 48.6 Å². The number of aliphatic hydroxyl groups excluding tert-OH is 2. The van der Waals surface area contributed by atoms with Gasteiger partial charge < -0.3 is 10.2 Å². The van der Waals surface area contributed by atoms with Crippen LogP contribution >= 0.6 is 0 Å². The predicted molar refractivity (Wildman–Crippen MR) is 116 cm³/mol. The van der Waals surface area contributed by atoms with Gasteiger partial charge in [0.1, 0.15) is 12.2 Å². The smallest absolute Gasteiger partial charge is 0.110 e. The van der Waals surface area contributed by atoms with E-state index in [1.54, 1.807) is 6.08 Å². The highest BCUT2D eigenvalue weighted by Crippen LogP contribution is 2.37. The highest BCUT2D eigenvalue weighted by atomic mass is 16.3. The summed E-state index contributed by atoms with van der Waals surface area (Å²) in [5.74, 6) is 0. The van der Waals surface area contributed by atoms with Crippen LogP contribution < -0.4 is 0 Å². The Morgan fingerprint density at radius 2 is 1.14 bits per heavy atom. The standard InChI is InChI=1S/C26H18O2/c27-24-8-7-15-5-6-18-11-21-12-19-9-16-3-1-2-4-17(16)10-20(19)13-22(21)14-23(18)25(15)26(24)28/h1-14,24,26-28H. The fraction of sp³-hybridized carbons (Fsp3) is 0.0769. The second-order valence-corrected chi connectivity index (χ2v) is 7.68. The minimum absolute atomic E-state index is 0.813. The summed E-state index contributed by atoms with van der Waals surface area (Å²) >= 11 is 0. The van der Waals surface area contributed by atoms with E-state index in [-0.39, 0.29) is 0 Å². The molecule has 2 N–H and O–H groups in total. The second-order valence-electron chi connectivity index (χ2n) is 7.68. The van der Waals surface area contributed by atoms with Gasteiger partial charge in [-0.25, -0.2) is 0 Å². The molecule has 2 nitrogen and oxygen atoms in total. The summed E-state index contributed by atoms with van der Waals surface area (Å²) in [6.07, 6.45) is 1.78. The van der Waals surface area contributed by atoms with Crippen LogP contribution in [0.4, 0.5) is 0 Å². The van der Waals surface area contributed by atoms with Gasteiger partial charge in [-0.15, -0.1) is 0 Å². The molecule has 6 rings (SSSR count). The van der Waals surface area contributed by atoms with Crippen molar-refractivity contribution in [3.63, 3.8) is 0 Å². The molecule has 2 atom stereocenters. The zero-order valence-corrected chi connectivity index (χ0v) is 15.1. The SMILES string of the molecule is OC1C=Cc2ccc3cc4cc5cc6ccccc6cc5cc4cc3c2C1O. The molecule has 0 saturated heterocycles. The van der Waals surface area contributed by atoms with E-state index in [0.717, 1.165) is 27.3 Å². The van der Waals surface area contributed by atoms with Crippen molar-refractivity contribution >= 4 is 49.2 Å². The summed E-state index contributed by atoms with van der Waals surface area (Å²) in [7, 11) is 0. The molecule has 0 saturated carbocycles. The summed E-state index contributed by atoms with van der Waals surface area (Å²) < 4.78 is 0. The molecule has 0 bridgehead atoms.